The van der Waals surface area contributed by atoms with E-state index in [0.717, 1.165) is 62.3 Å². The molecule has 40 heavy (non-hydrogen) atoms. The average Bonchev–Trinajstić information content (AvgIpc) is 2.91. The summed E-state index contributed by atoms with van der Waals surface area (Å²) < 4.78 is 45.7. The van der Waals surface area contributed by atoms with Crippen LogP contribution in [0.3, 0.4) is 0 Å². The summed E-state index contributed by atoms with van der Waals surface area (Å²) in [5.41, 5.74) is 0.562. The highest BCUT2D eigenvalue weighted by atomic mass is 19.4. The minimum absolute atomic E-state index is 0.0367. The quantitative estimate of drug-likeness (QED) is 0.268. The number of carboxylic acid groups (broad SMARTS) is 1. The number of aromatic nitrogens is 1. The number of fused-ring (bicyclic) bond motifs is 1. The van der Waals surface area contributed by atoms with Gasteiger partial charge in [0.15, 0.2) is 0 Å². The zero-order valence-electron chi connectivity index (χ0n) is 23.1. The Morgan fingerprint density at radius 3 is 2.62 bits per heavy atom. The van der Waals surface area contributed by atoms with Crippen molar-refractivity contribution in [2.45, 2.75) is 70.7 Å². The van der Waals surface area contributed by atoms with E-state index in [0.29, 0.717) is 26.2 Å². The average molecular weight is 565 g/mol. The number of carbonyl (C=O) groups excluding carboxylic acids is 1. The zero-order valence-corrected chi connectivity index (χ0v) is 23.1. The summed E-state index contributed by atoms with van der Waals surface area (Å²) in [4.78, 5) is 31.3. The third kappa shape index (κ3) is 9.78. The van der Waals surface area contributed by atoms with Crippen molar-refractivity contribution in [2.24, 2.45) is 0 Å². The van der Waals surface area contributed by atoms with Gasteiger partial charge >= 0.3 is 12.1 Å². The SMILES string of the molecule is CC(C)OCCN(CCCCc1ccc2c(n1)NCCC2)CCC(NC(=O)c1ccccc1C(F)(F)F)C(=O)O. The van der Waals surface area contributed by atoms with E-state index in [4.69, 9.17) is 9.72 Å². The Bertz CT molecular complexity index is 1130. The maximum atomic E-state index is 13.3. The van der Waals surface area contributed by atoms with E-state index >= 15 is 0 Å². The Morgan fingerprint density at radius 2 is 1.90 bits per heavy atom. The molecular formula is C29H39F3N4O4. The van der Waals surface area contributed by atoms with Crippen LogP contribution in [0, 0.1) is 0 Å². The minimum atomic E-state index is -4.73. The molecule has 0 saturated carbocycles. The van der Waals surface area contributed by atoms with Crippen LogP contribution in [0.2, 0.25) is 0 Å². The molecule has 3 rings (SSSR count). The van der Waals surface area contributed by atoms with Gasteiger partial charge in [-0.2, -0.15) is 13.2 Å². The van der Waals surface area contributed by atoms with Gasteiger partial charge in [0.2, 0.25) is 0 Å². The molecule has 8 nitrogen and oxygen atoms in total. The van der Waals surface area contributed by atoms with Gasteiger partial charge in [0, 0.05) is 25.3 Å². The molecule has 0 bridgehead atoms. The highest BCUT2D eigenvalue weighted by Gasteiger charge is 2.35. The van der Waals surface area contributed by atoms with E-state index in [1.165, 1.54) is 17.7 Å². The van der Waals surface area contributed by atoms with Crippen molar-refractivity contribution < 1.29 is 32.6 Å². The summed E-state index contributed by atoms with van der Waals surface area (Å²) in [5.74, 6) is -1.40. The number of aliphatic carboxylic acids is 1. The number of carboxylic acids is 1. The number of hydrogen-bond acceptors (Lipinski definition) is 6. The van der Waals surface area contributed by atoms with Gasteiger partial charge in [0.1, 0.15) is 11.9 Å². The summed E-state index contributed by atoms with van der Waals surface area (Å²) in [5, 5.41) is 15.3. The van der Waals surface area contributed by atoms with Gasteiger partial charge in [0.25, 0.3) is 5.91 Å². The maximum absolute atomic E-state index is 13.3. The first kappa shape index (κ1) is 31.3. The lowest BCUT2D eigenvalue weighted by molar-refractivity contribution is -0.139. The van der Waals surface area contributed by atoms with Crippen LogP contribution in [0.4, 0.5) is 19.0 Å². The number of nitrogens with zero attached hydrogens (tertiary/aromatic N) is 2. The normalized spacial score (nSPS) is 14.1. The van der Waals surface area contributed by atoms with Crippen molar-refractivity contribution in [3.05, 3.63) is 58.8 Å². The molecule has 0 saturated heterocycles. The molecule has 1 aromatic heterocycles. The van der Waals surface area contributed by atoms with Crippen molar-refractivity contribution in [1.82, 2.24) is 15.2 Å². The molecule has 0 fully saturated rings. The second-order valence-electron chi connectivity index (χ2n) is 10.3. The minimum Gasteiger partial charge on any atom is -0.480 e. The monoisotopic (exact) mass is 564 g/mol. The number of carbonyl (C=O) groups is 2. The lowest BCUT2D eigenvalue weighted by atomic mass is 10.1. The smallest absolute Gasteiger partial charge is 0.417 e. The number of rotatable bonds is 15. The Morgan fingerprint density at radius 1 is 1.12 bits per heavy atom. The Balaban J connectivity index is 1.56. The van der Waals surface area contributed by atoms with Gasteiger partial charge in [-0.05, 0) is 82.7 Å². The molecule has 2 aromatic rings. The number of amides is 1. The second-order valence-corrected chi connectivity index (χ2v) is 10.3. The Kier molecular flexibility index (Phi) is 11.8. The number of hydrogen-bond donors (Lipinski definition) is 3. The first-order valence-corrected chi connectivity index (χ1v) is 13.8. The van der Waals surface area contributed by atoms with E-state index in [1.807, 2.05) is 13.8 Å². The van der Waals surface area contributed by atoms with Crippen LogP contribution in [-0.4, -0.2) is 71.8 Å². The van der Waals surface area contributed by atoms with Crippen molar-refractivity contribution in [3.8, 4) is 0 Å². The van der Waals surface area contributed by atoms with E-state index in [9.17, 15) is 27.9 Å². The fourth-order valence-corrected chi connectivity index (χ4v) is 4.64. The fourth-order valence-electron chi connectivity index (χ4n) is 4.64. The van der Waals surface area contributed by atoms with E-state index in [-0.39, 0.29) is 12.5 Å². The highest BCUT2D eigenvalue weighted by molar-refractivity contribution is 5.98. The number of halogens is 3. The lowest BCUT2D eigenvalue weighted by Gasteiger charge is -2.25. The highest BCUT2D eigenvalue weighted by Crippen LogP contribution is 2.31. The number of alkyl halides is 3. The van der Waals surface area contributed by atoms with Crippen LogP contribution in [0.15, 0.2) is 36.4 Å². The molecule has 220 valence electrons. The molecular weight excluding hydrogens is 525 g/mol. The van der Waals surface area contributed by atoms with Gasteiger partial charge in [0.05, 0.1) is 23.8 Å². The molecule has 1 atom stereocenters. The van der Waals surface area contributed by atoms with Gasteiger partial charge in [-0.1, -0.05) is 18.2 Å². The topological polar surface area (TPSA) is 104 Å². The molecule has 1 aliphatic heterocycles. The molecule has 0 spiro atoms. The van der Waals surface area contributed by atoms with E-state index in [1.54, 1.807) is 0 Å². The van der Waals surface area contributed by atoms with Crippen LogP contribution in [0.25, 0.3) is 0 Å². The number of pyridine rings is 1. The zero-order chi connectivity index (χ0) is 29.1. The summed E-state index contributed by atoms with van der Waals surface area (Å²) in [7, 11) is 0. The van der Waals surface area contributed by atoms with Crippen LogP contribution >= 0.6 is 0 Å². The molecule has 0 radical (unpaired) electrons. The third-order valence-corrected chi connectivity index (χ3v) is 6.78. The first-order valence-electron chi connectivity index (χ1n) is 13.8. The van der Waals surface area contributed by atoms with Gasteiger partial charge in [-0.25, -0.2) is 9.78 Å². The fraction of sp³-hybridized carbons (Fsp3) is 0.552. The van der Waals surface area contributed by atoms with E-state index in [2.05, 4.69) is 27.7 Å². The summed E-state index contributed by atoms with van der Waals surface area (Å²) >= 11 is 0. The Labute approximate surface area is 233 Å². The van der Waals surface area contributed by atoms with E-state index < -0.39 is 35.2 Å². The number of anilines is 1. The molecule has 1 aromatic carbocycles. The van der Waals surface area contributed by atoms with Crippen LogP contribution in [-0.2, 0) is 28.5 Å². The molecule has 11 heteroatoms. The third-order valence-electron chi connectivity index (χ3n) is 6.78. The summed E-state index contributed by atoms with van der Waals surface area (Å²) in [6.07, 6.45) is 0.0491. The molecule has 1 aliphatic rings. The maximum Gasteiger partial charge on any atom is 0.417 e. The van der Waals surface area contributed by atoms with Crippen LogP contribution in [0.1, 0.15) is 66.7 Å². The van der Waals surface area contributed by atoms with Crippen molar-refractivity contribution in [1.29, 1.82) is 0 Å². The van der Waals surface area contributed by atoms with Crippen LogP contribution < -0.4 is 10.6 Å². The van der Waals surface area contributed by atoms with Gasteiger partial charge in [-0.3, -0.25) is 4.79 Å². The summed E-state index contributed by atoms with van der Waals surface area (Å²) in [6, 6.07) is 7.20. The summed E-state index contributed by atoms with van der Waals surface area (Å²) in [6.45, 7) is 6.83. The van der Waals surface area contributed by atoms with Crippen LogP contribution in [0.5, 0.6) is 0 Å². The largest absolute Gasteiger partial charge is 0.480 e. The number of aryl methyl sites for hydroxylation is 2. The van der Waals surface area contributed by atoms with Crippen molar-refractivity contribution >= 4 is 17.7 Å². The number of ether oxygens (including phenoxy) is 1. The molecule has 3 N–H and O–H groups in total. The molecule has 1 unspecified atom stereocenters. The lowest BCUT2D eigenvalue weighted by Crippen LogP contribution is -2.44. The molecule has 2 heterocycles. The van der Waals surface area contributed by atoms with Crippen molar-refractivity contribution in [3.63, 3.8) is 0 Å². The second kappa shape index (κ2) is 15.0. The van der Waals surface area contributed by atoms with Gasteiger partial charge < -0.3 is 25.4 Å². The predicted octanol–water partition coefficient (Wildman–Crippen LogP) is 4.78. The number of unbranched alkanes of at least 4 members (excludes halogenated alkanes) is 1. The molecule has 0 aliphatic carbocycles. The van der Waals surface area contributed by atoms with Crippen molar-refractivity contribution in [2.75, 3.05) is 38.1 Å². The number of benzene rings is 1. The standard InChI is InChI=1S/C29H39F3N4O4/c1-20(2)40-19-18-36(16-6-5-9-22-13-12-21-8-7-15-33-26(21)34-22)17-14-25(28(38)39)35-27(37)23-10-3-4-11-24(23)29(30,31)32/h3-4,10-13,20,25H,5-9,14-19H2,1-2H3,(H,33,34)(H,35,37)(H,38,39). The Hall–Kier alpha value is -3.18. The molecule has 1 amide bonds. The number of nitrogens with one attached hydrogen (secondary N) is 2. The van der Waals surface area contributed by atoms with Gasteiger partial charge in [-0.15, -0.1) is 0 Å². The predicted molar refractivity (Wildman–Crippen MR) is 146 cm³/mol. The first-order chi connectivity index (χ1) is 19.0.